The van der Waals surface area contributed by atoms with Gasteiger partial charge in [-0.1, -0.05) is 32.1 Å². The summed E-state index contributed by atoms with van der Waals surface area (Å²) in [5, 5.41) is 0. The third-order valence-corrected chi connectivity index (χ3v) is 4.57. The molecule has 0 atom stereocenters. The van der Waals surface area contributed by atoms with Gasteiger partial charge in [0.1, 0.15) is 5.82 Å². The number of carbonyl (C=O) groups is 1. The molecule has 1 amide bonds. The molecular weight excluding hydrogens is 316 g/mol. The van der Waals surface area contributed by atoms with E-state index in [0.717, 1.165) is 22.6 Å². The van der Waals surface area contributed by atoms with Crippen LogP contribution >= 0.6 is 15.9 Å². The Labute approximate surface area is 129 Å². The van der Waals surface area contributed by atoms with Gasteiger partial charge >= 0.3 is 0 Å². The van der Waals surface area contributed by atoms with E-state index < -0.39 is 0 Å². The lowest BCUT2D eigenvalue weighted by Gasteiger charge is -2.24. The van der Waals surface area contributed by atoms with Gasteiger partial charge in [0.05, 0.1) is 0 Å². The molecule has 1 saturated carbocycles. The van der Waals surface area contributed by atoms with Crippen molar-refractivity contribution in [2.45, 2.75) is 51.9 Å². The molecular formula is C16H23BrN2O. The zero-order valence-corrected chi connectivity index (χ0v) is 13.7. The molecule has 0 radical (unpaired) electrons. The second-order valence-corrected chi connectivity index (χ2v) is 6.43. The Kier molecular flexibility index (Phi) is 6.02. The van der Waals surface area contributed by atoms with Crippen molar-refractivity contribution < 1.29 is 4.79 Å². The number of hydrogen-bond donors (Lipinski definition) is 0. The van der Waals surface area contributed by atoms with Crippen LogP contribution in [0.4, 0.5) is 5.82 Å². The number of anilines is 1. The predicted molar refractivity (Wildman–Crippen MR) is 85.8 cm³/mol. The fourth-order valence-electron chi connectivity index (χ4n) is 2.93. The van der Waals surface area contributed by atoms with Crippen molar-refractivity contribution in [2.75, 3.05) is 11.4 Å². The van der Waals surface area contributed by atoms with Gasteiger partial charge in [0.25, 0.3) is 0 Å². The number of hydrogen-bond acceptors (Lipinski definition) is 2. The number of aromatic nitrogens is 1. The predicted octanol–water partition coefficient (Wildman–Crippen LogP) is 4.56. The fourth-order valence-corrected chi connectivity index (χ4v) is 3.17. The van der Waals surface area contributed by atoms with Crippen LogP contribution in [0, 0.1) is 5.92 Å². The van der Waals surface area contributed by atoms with Crippen LogP contribution in [0.5, 0.6) is 0 Å². The van der Waals surface area contributed by atoms with Gasteiger partial charge in [0, 0.05) is 23.6 Å². The molecule has 0 spiro atoms. The fraction of sp³-hybridized carbons (Fsp3) is 0.625. The minimum Gasteiger partial charge on any atom is -0.297 e. The first-order valence-electron chi connectivity index (χ1n) is 7.62. The van der Waals surface area contributed by atoms with E-state index in [-0.39, 0.29) is 5.91 Å². The number of pyridine rings is 1. The minimum absolute atomic E-state index is 0.202. The quantitative estimate of drug-likeness (QED) is 0.788. The number of nitrogens with zero attached hydrogens (tertiary/aromatic N) is 2. The summed E-state index contributed by atoms with van der Waals surface area (Å²) in [4.78, 5) is 18.5. The SMILES string of the molecule is CCN(C(=O)CCC1CCCCC1)c1ccc(Br)cn1. The van der Waals surface area contributed by atoms with Crippen LogP contribution in [-0.2, 0) is 4.79 Å². The number of carbonyl (C=O) groups excluding carboxylic acids is 1. The Bertz CT molecular complexity index is 427. The monoisotopic (exact) mass is 338 g/mol. The summed E-state index contributed by atoms with van der Waals surface area (Å²) < 4.78 is 0.937. The molecule has 0 aliphatic heterocycles. The van der Waals surface area contributed by atoms with Crippen molar-refractivity contribution in [3.63, 3.8) is 0 Å². The van der Waals surface area contributed by atoms with Crippen LogP contribution in [0.2, 0.25) is 0 Å². The molecule has 1 heterocycles. The molecule has 110 valence electrons. The van der Waals surface area contributed by atoms with Gasteiger partial charge in [-0.15, -0.1) is 0 Å². The molecule has 1 fully saturated rings. The lowest BCUT2D eigenvalue weighted by molar-refractivity contribution is -0.118. The lowest BCUT2D eigenvalue weighted by Crippen LogP contribution is -2.31. The van der Waals surface area contributed by atoms with Gasteiger partial charge in [-0.3, -0.25) is 9.69 Å². The van der Waals surface area contributed by atoms with Gasteiger partial charge in [-0.2, -0.15) is 0 Å². The van der Waals surface area contributed by atoms with E-state index in [4.69, 9.17) is 0 Å². The first-order valence-corrected chi connectivity index (χ1v) is 8.42. The van der Waals surface area contributed by atoms with Crippen molar-refractivity contribution in [3.8, 4) is 0 Å². The molecule has 1 aliphatic rings. The molecule has 3 nitrogen and oxygen atoms in total. The normalized spacial score (nSPS) is 16.1. The largest absolute Gasteiger partial charge is 0.297 e. The average molecular weight is 339 g/mol. The molecule has 0 bridgehead atoms. The van der Waals surface area contributed by atoms with E-state index in [2.05, 4.69) is 20.9 Å². The lowest BCUT2D eigenvalue weighted by atomic mass is 9.86. The molecule has 1 aromatic heterocycles. The molecule has 1 aliphatic carbocycles. The molecule has 0 unspecified atom stereocenters. The van der Waals surface area contributed by atoms with Crippen molar-refractivity contribution in [3.05, 3.63) is 22.8 Å². The summed E-state index contributed by atoms with van der Waals surface area (Å²) in [6, 6.07) is 3.82. The Hall–Kier alpha value is -0.900. The standard InChI is InChI=1S/C16H23BrN2O/c1-2-19(15-10-9-14(17)12-18-15)16(20)11-8-13-6-4-3-5-7-13/h9-10,12-13H,2-8,11H2,1H3. The summed E-state index contributed by atoms with van der Waals surface area (Å²) in [6.07, 6.45) is 10.1. The highest BCUT2D eigenvalue weighted by Crippen LogP contribution is 2.27. The number of halogens is 1. The smallest absolute Gasteiger partial charge is 0.228 e. The van der Waals surface area contributed by atoms with Crippen LogP contribution in [0.3, 0.4) is 0 Å². The van der Waals surface area contributed by atoms with E-state index in [0.29, 0.717) is 13.0 Å². The van der Waals surface area contributed by atoms with Gasteiger partial charge in [0.2, 0.25) is 5.91 Å². The second-order valence-electron chi connectivity index (χ2n) is 5.52. The van der Waals surface area contributed by atoms with Crippen molar-refractivity contribution in [1.29, 1.82) is 0 Å². The summed E-state index contributed by atoms with van der Waals surface area (Å²) in [7, 11) is 0. The third-order valence-electron chi connectivity index (χ3n) is 4.10. The third kappa shape index (κ3) is 4.30. The van der Waals surface area contributed by atoms with E-state index in [1.54, 1.807) is 11.1 Å². The summed E-state index contributed by atoms with van der Waals surface area (Å²) in [5.74, 6) is 1.71. The highest BCUT2D eigenvalue weighted by molar-refractivity contribution is 9.10. The summed E-state index contributed by atoms with van der Waals surface area (Å²) >= 11 is 3.37. The van der Waals surface area contributed by atoms with Crippen LogP contribution in [0.25, 0.3) is 0 Å². The van der Waals surface area contributed by atoms with E-state index >= 15 is 0 Å². The summed E-state index contributed by atoms with van der Waals surface area (Å²) in [5.41, 5.74) is 0. The topological polar surface area (TPSA) is 33.2 Å². The maximum absolute atomic E-state index is 12.4. The first kappa shape index (κ1) is 15.5. The molecule has 0 N–H and O–H groups in total. The Morgan fingerprint density at radius 3 is 2.70 bits per heavy atom. The van der Waals surface area contributed by atoms with Crippen molar-refractivity contribution in [2.24, 2.45) is 5.92 Å². The van der Waals surface area contributed by atoms with E-state index in [9.17, 15) is 4.79 Å². The van der Waals surface area contributed by atoms with Gasteiger partial charge in [-0.25, -0.2) is 4.98 Å². The maximum atomic E-state index is 12.4. The van der Waals surface area contributed by atoms with Crippen molar-refractivity contribution in [1.82, 2.24) is 4.98 Å². The maximum Gasteiger partial charge on any atom is 0.228 e. The minimum atomic E-state index is 0.202. The molecule has 0 saturated heterocycles. The van der Waals surface area contributed by atoms with Gasteiger partial charge < -0.3 is 0 Å². The summed E-state index contributed by atoms with van der Waals surface area (Å²) in [6.45, 7) is 2.68. The average Bonchev–Trinajstić information content (AvgIpc) is 2.49. The molecule has 4 heteroatoms. The Morgan fingerprint density at radius 1 is 1.35 bits per heavy atom. The molecule has 1 aromatic rings. The van der Waals surface area contributed by atoms with E-state index in [1.165, 1.54) is 32.1 Å². The zero-order chi connectivity index (χ0) is 14.4. The first-order chi connectivity index (χ1) is 9.70. The zero-order valence-electron chi connectivity index (χ0n) is 12.1. The molecule has 0 aromatic carbocycles. The highest BCUT2D eigenvalue weighted by atomic mass is 79.9. The van der Waals surface area contributed by atoms with Gasteiger partial charge in [-0.05, 0) is 47.3 Å². The Balaban J connectivity index is 1.89. The Morgan fingerprint density at radius 2 is 2.10 bits per heavy atom. The van der Waals surface area contributed by atoms with Gasteiger partial charge in [0.15, 0.2) is 0 Å². The van der Waals surface area contributed by atoms with Crippen LogP contribution in [-0.4, -0.2) is 17.4 Å². The van der Waals surface area contributed by atoms with E-state index in [1.807, 2.05) is 19.1 Å². The molecule has 2 rings (SSSR count). The second kappa shape index (κ2) is 7.77. The van der Waals surface area contributed by atoms with Crippen LogP contribution in [0.1, 0.15) is 51.9 Å². The molecule has 20 heavy (non-hydrogen) atoms. The van der Waals surface area contributed by atoms with Crippen LogP contribution < -0.4 is 4.90 Å². The number of amides is 1. The van der Waals surface area contributed by atoms with Crippen molar-refractivity contribution >= 4 is 27.7 Å². The van der Waals surface area contributed by atoms with Crippen LogP contribution in [0.15, 0.2) is 22.8 Å². The highest BCUT2D eigenvalue weighted by Gasteiger charge is 2.19. The number of rotatable bonds is 5.